The fourth-order valence-corrected chi connectivity index (χ4v) is 1.38. The molecule has 8 heteroatoms. The average molecular weight is 257 g/mol. The first kappa shape index (κ1) is 13.1. The number of aromatic nitrogens is 2. The van der Waals surface area contributed by atoms with Crippen molar-refractivity contribution in [2.75, 3.05) is 0 Å². The van der Waals surface area contributed by atoms with Gasteiger partial charge < -0.3 is 15.5 Å². The maximum atomic E-state index is 10.9. The van der Waals surface area contributed by atoms with Gasteiger partial charge in [0.2, 0.25) is 0 Å². The first-order valence-electron chi connectivity index (χ1n) is 4.74. The van der Waals surface area contributed by atoms with Crippen molar-refractivity contribution in [2.24, 2.45) is 0 Å². The quantitative estimate of drug-likeness (QED) is 0.634. The van der Waals surface area contributed by atoms with E-state index in [1.807, 2.05) is 0 Å². The number of imidazole rings is 1. The molecule has 1 unspecified atom stereocenters. The van der Waals surface area contributed by atoms with E-state index in [1.165, 1.54) is 17.1 Å². The number of carboxylic acid groups (broad SMARTS) is 2. The molecule has 1 atom stereocenters. The summed E-state index contributed by atoms with van der Waals surface area (Å²) in [6.45, 7) is 0. The molecular formula is C9H11N3O4S. The molecular weight excluding hydrogens is 246 g/mol. The zero-order valence-electron chi connectivity index (χ0n) is 8.74. The molecule has 0 aliphatic rings. The first-order chi connectivity index (χ1) is 8.00. The van der Waals surface area contributed by atoms with Gasteiger partial charge in [0, 0.05) is 18.8 Å². The van der Waals surface area contributed by atoms with Gasteiger partial charge in [0.15, 0.2) is 5.11 Å². The highest BCUT2D eigenvalue weighted by Gasteiger charge is 2.19. The number of thiocarbonyl (C=S) groups is 1. The SMILES string of the molecule is O=C(O)CCC(NC(=S)n1ccnc1)C(=O)O. The van der Waals surface area contributed by atoms with Crippen LogP contribution in [0, 0.1) is 0 Å². The number of nitrogens with zero attached hydrogens (tertiary/aromatic N) is 2. The van der Waals surface area contributed by atoms with Crippen LogP contribution in [0.2, 0.25) is 0 Å². The van der Waals surface area contributed by atoms with Gasteiger partial charge in [0.1, 0.15) is 12.4 Å². The second kappa shape index (κ2) is 5.94. The number of rotatable bonds is 5. The summed E-state index contributed by atoms with van der Waals surface area (Å²) in [5.74, 6) is -2.19. The van der Waals surface area contributed by atoms with E-state index < -0.39 is 18.0 Å². The maximum Gasteiger partial charge on any atom is 0.326 e. The summed E-state index contributed by atoms with van der Waals surface area (Å²) >= 11 is 4.95. The lowest BCUT2D eigenvalue weighted by Crippen LogP contribution is -2.42. The summed E-state index contributed by atoms with van der Waals surface area (Å²) in [7, 11) is 0. The molecule has 0 radical (unpaired) electrons. The van der Waals surface area contributed by atoms with Gasteiger partial charge in [-0.15, -0.1) is 0 Å². The number of carboxylic acids is 2. The third kappa shape index (κ3) is 4.19. The molecule has 0 amide bonds. The van der Waals surface area contributed by atoms with Crippen LogP contribution in [-0.4, -0.2) is 42.9 Å². The van der Waals surface area contributed by atoms with Crippen molar-refractivity contribution < 1.29 is 19.8 Å². The zero-order valence-corrected chi connectivity index (χ0v) is 9.55. The monoisotopic (exact) mass is 257 g/mol. The minimum absolute atomic E-state index is 0.0422. The Bertz CT molecular complexity index is 418. The largest absolute Gasteiger partial charge is 0.481 e. The molecule has 0 aliphatic heterocycles. The molecule has 0 saturated carbocycles. The van der Waals surface area contributed by atoms with E-state index in [0.717, 1.165) is 0 Å². The Hall–Kier alpha value is -1.96. The molecule has 17 heavy (non-hydrogen) atoms. The van der Waals surface area contributed by atoms with Crippen molar-refractivity contribution >= 4 is 29.3 Å². The number of nitrogens with one attached hydrogen (secondary N) is 1. The van der Waals surface area contributed by atoms with Crippen molar-refractivity contribution in [1.82, 2.24) is 14.9 Å². The molecule has 0 fully saturated rings. The van der Waals surface area contributed by atoms with Crippen LogP contribution >= 0.6 is 12.2 Å². The highest BCUT2D eigenvalue weighted by atomic mass is 32.1. The van der Waals surface area contributed by atoms with Gasteiger partial charge in [-0.3, -0.25) is 9.36 Å². The molecule has 0 spiro atoms. The van der Waals surface area contributed by atoms with E-state index in [4.69, 9.17) is 22.4 Å². The van der Waals surface area contributed by atoms with Gasteiger partial charge in [0.25, 0.3) is 0 Å². The molecule has 1 aromatic heterocycles. The van der Waals surface area contributed by atoms with Crippen molar-refractivity contribution in [3.8, 4) is 0 Å². The predicted molar refractivity (Wildman–Crippen MR) is 61.7 cm³/mol. The highest BCUT2D eigenvalue weighted by Crippen LogP contribution is 1.99. The minimum atomic E-state index is -1.14. The van der Waals surface area contributed by atoms with E-state index in [0.29, 0.717) is 0 Å². The molecule has 0 aromatic carbocycles. The maximum absolute atomic E-state index is 10.9. The third-order valence-electron chi connectivity index (χ3n) is 1.98. The van der Waals surface area contributed by atoms with E-state index in [9.17, 15) is 9.59 Å². The van der Waals surface area contributed by atoms with Crippen molar-refractivity contribution in [3.05, 3.63) is 18.7 Å². The Balaban J connectivity index is 2.58. The van der Waals surface area contributed by atoms with Crippen molar-refractivity contribution in [2.45, 2.75) is 18.9 Å². The molecule has 3 N–H and O–H groups in total. The van der Waals surface area contributed by atoms with Crippen LogP contribution in [0.25, 0.3) is 0 Å². The van der Waals surface area contributed by atoms with Crippen LogP contribution in [-0.2, 0) is 9.59 Å². The second-order valence-electron chi connectivity index (χ2n) is 3.24. The summed E-state index contributed by atoms with van der Waals surface area (Å²) in [5, 5.41) is 20.1. The minimum Gasteiger partial charge on any atom is -0.481 e. The first-order valence-corrected chi connectivity index (χ1v) is 5.15. The number of hydrogen-bond acceptors (Lipinski definition) is 4. The van der Waals surface area contributed by atoms with Gasteiger partial charge in [-0.05, 0) is 18.6 Å². The fourth-order valence-electron chi connectivity index (χ4n) is 1.13. The van der Waals surface area contributed by atoms with Gasteiger partial charge >= 0.3 is 11.9 Å². The lowest BCUT2D eigenvalue weighted by molar-refractivity contribution is -0.140. The van der Waals surface area contributed by atoms with Crippen molar-refractivity contribution in [1.29, 1.82) is 0 Å². The average Bonchev–Trinajstić information content (AvgIpc) is 2.76. The summed E-state index contributed by atoms with van der Waals surface area (Å²) in [5.41, 5.74) is 0. The summed E-state index contributed by atoms with van der Waals surface area (Å²) in [6.07, 6.45) is 4.20. The van der Waals surface area contributed by atoms with Gasteiger partial charge in [-0.2, -0.15) is 0 Å². The lowest BCUT2D eigenvalue weighted by atomic mass is 10.1. The Morgan fingerprint density at radius 3 is 2.65 bits per heavy atom. The Kier molecular flexibility index (Phi) is 4.58. The van der Waals surface area contributed by atoms with Gasteiger partial charge in [-0.25, -0.2) is 9.78 Å². The van der Waals surface area contributed by atoms with E-state index >= 15 is 0 Å². The van der Waals surface area contributed by atoms with E-state index in [2.05, 4.69) is 10.3 Å². The topological polar surface area (TPSA) is 104 Å². The summed E-state index contributed by atoms with van der Waals surface area (Å²) in [6, 6.07) is -1.03. The molecule has 1 rings (SSSR count). The second-order valence-corrected chi connectivity index (χ2v) is 3.63. The Morgan fingerprint density at radius 1 is 1.47 bits per heavy atom. The van der Waals surface area contributed by atoms with E-state index in [-0.39, 0.29) is 18.0 Å². The van der Waals surface area contributed by atoms with Crippen LogP contribution in [0.3, 0.4) is 0 Å². The van der Waals surface area contributed by atoms with Crippen molar-refractivity contribution in [3.63, 3.8) is 0 Å². The van der Waals surface area contributed by atoms with Crippen LogP contribution in [0.4, 0.5) is 0 Å². The Morgan fingerprint density at radius 2 is 2.18 bits per heavy atom. The van der Waals surface area contributed by atoms with Crippen LogP contribution < -0.4 is 5.32 Å². The number of carbonyl (C=O) groups is 2. The Labute approximate surface area is 102 Å². The predicted octanol–water partition coefficient (Wildman–Crippen LogP) is -0.0763. The number of hydrogen-bond donors (Lipinski definition) is 3. The van der Waals surface area contributed by atoms with Gasteiger partial charge in [0.05, 0.1) is 0 Å². The molecule has 1 aromatic rings. The highest BCUT2D eigenvalue weighted by molar-refractivity contribution is 7.80. The third-order valence-corrected chi connectivity index (χ3v) is 2.31. The standard InChI is InChI=1S/C9H11N3O4S/c13-7(14)2-1-6(8(15)16)11-9(17)12-4-3-10-5-12/h3-6H,1-2H2,(H,11,17)(H,13,14)(H,15,16). The van der Waals surface area contributed by atoms with Gasteiger partial charge in [-0.1, -0.05) is 0 Å². The zero-order chi connectivity index (χ0) is 12.8. The molecule has 92 valence electrons. The van der Waals surface area contributed by atoms with E-state index in [1.54, 1.807) is 6.20 Å². The number of aliphatic carboxylic acids is 2. The smallest absolute Gasteiger partial charge is 0.326 e. The molecule has 7 nitrogen and oxygen atoms in total. The van der Waals surface area contributed by atoms with Crippen LogP contribution in [0.1, 0.15) is 12.8 Å². The normalized spacial score (nSPS) is 11.8. The molecule has 0 bridgehead atoms. The molecule has 0 saturated heterocycles. The molecule has 1 heterocycles. The lowest BCUT2D eigenvalue weighted by Gasteiger charge is -2.15. The fraction of sp³-hybridized carbons (Fsp3) is 0.333. The molecule has 0 aliphatic carbocycles. The summed E-state index contributed by atoms with van der Waals surface area (Å²) in [4.78, 5) is 25.0. The van der Waals surface area contributed by atoms with Crippen LogP contribution in [0.5, 0.6) is 0 Å². The van der Waals surface area contributed by atoms with Crippen LogP contribution in [0.15, 0.2) is 18.7 Å². The summed E-state index contributed by atoms with van der Waals surface area (Å²) < 4.78 is 1.44.